The molecule has 0 bridgehead atoms. The van der Waals surface area contributed by atoms with Gasteiger partial charge in [-0.3, -0.25) is 0 Å². The highest BCUT2D eigenvalue weighted by Crippen LogP contribution is 2.26. The molecule has 0 aliphatic carbocycles. The third kappa shape index (κ3) is 11.9. The lowest BCUT2D eigenvalue weighted by Crippen LogP contribution is -2.44. The molecule has 4 rings (SSSR count). The number of benzene rings is 4. The molecule has 10 heteroatoms. The molecule has 4 aromatic carbocycles. The predicted octanol–water partition coefficient (Wildman–Crippen LogP) is 8.55. The van der Waals surface area contributed by atoms with Crippen molar-refractivity contribution in [1.82, 2.24) is 0 Å². The summed E-state index contributed by atoms with van der Waals surface area (Å²) >= 11 is 0. The van der Waals surface area contributed by atoms with Crippen LogP contribution in [0, 0.1) is 0 Å². The summed E-state index contributed by atoms with van der Waals surface area (Å²) in [6.07, 6.45) is 1.87. The van der Waals surface area contributed by atoms with E-state index in [-0.39, 0.29) is 0 Å². The normalized spacial score (nSPS) is 11.7. The molecule has 4 aromatic rings. The van der Waals surface area contributed by atoms with Crippen molar-refractivity contribution in [3.05, 3.63) is 102 Å². The Labute approximate surface area is 281 Å². The summed E-state index contributed by atoms with van der Waals surface area (Å²) in [6, 6.07) is 29.9. The van der Waals surface area contributed by atoms with Crippen molar-refractivity contribution in [3.8, 4) is 28.4 Å². The first-order valence-corrected chi connectivity index (χ1v) is 22.3. The third-order valence-electron chi connectivity index (χ3n) is 7.70. The van der Waals surface area contributed by atoms with Crippen LogP contribution in [0.2, 0.25) is 38.3 Å². The minimum absolute atomic E-state index is 0.413. The Morgan fingerprint density at radius 1 is 0.660 bits per heavy atom. The zero-order chi connectivity index (χ0) is 33.9. The van der Waals surface area contributed by atoms with Crippen LogP contribution in [0.4, 0.5) is 11.4 Å². The van der Waals surface area contributed by atoms with E-state index >= 15 is 0 Å². The van der Waals surface area contributed by atoms with Crippen molar-refractivity contribution < 1.29 is 27.9 Å². The first-order chi connectivity index (χ1) is 22.4. The lowest BCUT2D eigenvalue weighted by atomic mass is 10.1. The van der Waals surface area contributed by atoms with Crippen molar-refractivity contribution in [2.45, 2.75) is 57.7 Å². The summed E-state index contributed by atoms with van der Waals surface area (Å²) in [6.45, 7) is 10.9. The Kier molecular flexibility index (Phi) is 12.7. The highest BCUT2D eigenvalue weighted by atomic mass is 28.4. The van der Waals surface area contributed by atoms with Crippen LogP contribution in [0.3, 0.4) is 0 Å². The standard InChI is InChI=1S/C37H48N2O6Si2/c1-41-34-14-8-29(9-15-34)30-10-18-36(19-11-30)44-37(40)31-12-16-35(17-13-31)43-21-7-23-47(4,5)45-46(2,3)22-6-20-42-27-28-24-32(38)26-33(39)25-28/h8-19,24-26H,6-7,20-23,27,38-39H2,1-5H3. The van der Waals surface area contributed by atoms with E-state index in [2.05, 4.69) is 26.2 Å². The Balaban J connectivity index is 1.13. The fourth-order valence-corrected chi connectivity index (χ4v) is 14.3. The third-order valence-corrected chi connectivity index (χ3v) is 15.2. The topological polar surface area (TPSA) is 115 Å². The molecule has 0 radical (unpaired) electrons. The summed E-state index contributed by atoms with van der Waals surface area (Å²) in [7, 11) is -2.03. The van der Waals surface area contributed by atoms with Gasteiger partial charge in [-0.05, 0) is 135 Å². The van der Waals surface area contributed by atoms with Gasteiger partial charge in [0.25, 0.3) is 0 Å². The lowest BCUT2D eigenvalue weighted by molar-refractivity contribution is 0.0734. The summed E-state index contributed by atoms with van der Waals surface area (Å²) in [4.78, 5) is 12.7. The van der Waals surface area contributed by atoms with Gasteiger partial charge in [0.1, 0.15) is 17.2 Å². The second-order valence-corrected chi connectivity index (χ2v) is 21.8. The monoisotopic (exact) mass is 672 g/mol. The van der Waals surface area contributed by atoms with E-state index in [9.17, 15) is 4.79 Å². The zero-order valence-corrected chi connectivity index (χ0v) is 30.2. The molecule has 0 fully saturated rings. The maximum atomic E-state index is 12.7. The van der Waals surface area contributed by atoms with E-state index in [1.165, 1.54) is 0 Å². The van der Waals surface area contributed by atoms with Gasteiger partial charge in [-0.1, -0.05) is 24.3 Å². The molecule has 8 nitrogen and oxygen atoms in total. The SMILES string of the molecule is COc1ccc(-c2ccc(OC(=O)c3ccc(OCCC[Si](C)(C)O[Si](C)(C)CCCOCc4cc(N)cc(N)c4)cc3)cc2)cc1. The van der Waals surface area contributed by atoms with E-state index in [1.54, 1.807) is 37.4 Å². The first kappa shape index (κ1) is 35.8. The lowest BCUT2D eigenvalue weighted by Gasteiger charge is -2.34. The molecule has 47 heavy (non-hydrogen) atoms. The van der Waals surface area contributed by atoms with Gasteiger partial charge < -0.3 is 34.5 Å². The van der Waals surface area contributed by atoms with Crippen molar-refractivity contribution in [1.29, 1.82) is 0 Å². The van der Waals surface area contributed by atoms with E-state index in [4.69, 9.17) is 34.5 Å². The van der Waals surface area contributed by atoms with Crippen molar-refractivity contribution >= 4 is 34.0 Å². The minimum Gasteiger partial charge on any atom is -0.497 e. The molecule has 0 aromatic heterocycles. The maximum Gasteiger partial charge on any atom is 0.343 e. The second-order valence-electron chi connectivity index (χ2n) is 12.9. The molecule has 0 saturated heterocycles. The van der Waals surface area contributed by atoms with Gasteiger partial charge in [-0.2, -0.15) is 0 Å². The molecule has 0 unspecified atom stereocenters. The van der Waals surface area contributed by atoms with E-state index < -0.39 is 22.6 Å². The van der Waals surface area contributed by atoms with E-state index in [0.29, 0.717) is 42.5 Å². The number of ether oxygens (including phenoxy) is 4. The number of carbonyl (C=O) groups excluding carboxylic acids is 1. The van der Waals surface area contributed by atoms with Crippen LogP contribution in [0.15, 0.2) is 91.0 Å². The smallest absolute Gasteiger partial charge is 0.343 e. The van der Waals surface area contributed by atoms with E-state index in [1.807, 2.05) is 60.7 Å². The number of esters is 1. The van der Waals surface area contributed by atoms with Gasteiger partial charge in [0.2, 0.25) is 0 Å². The number of nitrogens with two attached hydrogens (primary N) is 2. The largest absolute Gasteiger partial charge is 0.497 e. The number of anilines is 2. The van der Waals surface area contributed by atoms with Crippen molar-refractivity contribution in [2.75, 3.05) is 31.8 Å². The van der Waals surface area contributed by atoms with Gasteiger partial charge >= 0.3 is 5.97 Å². The number of hydrogen-bond acceptors (Lipinski definition) is 8. The maximum absolute atomic E-state index is 12.7. The molecule has 0 aliphatic heterocycles. The quantitative estimate of drug-likeness (QED) is 0.0377. The number of carbonyl (C=O) groups is 1. The Morgan fingerprint density at radius 2 is 1.17 bits per heavy atom. The molecule has 4 N–H and O–H groups in total. The van der Waals surface area contributed by atoms with Gasteiger partial charge in [-0.15, -0.1) is 0 Å². The number of hydrogen-bond donors (Lipinski definition) is 2. The van der Waals surface area contributed by atoms with Gasteiger partial charge in [-0.25, -0.2) is 4.79 Å². The number of rotatable bonds is 17. The highest BCUT2D eigenvalue weighted by molar-refractivity contribution is 6.84. The van der Waals surface area contributed by atoms with Crippen LogP contribution >= 0.6 is 0 Å². The van der Waals surface area contributed by atoms with Crippen molar-refractivity contribution in [3.63, 3.8) is 0 Å². The summed E-state index contributed by atoms with van der Waals surface area (Å²) < 4.78 is 29.4. The fourth-order valence-electron chi connectivity index (χ4n) is 5.51. The molecule has 0 saturated carbocycles. The minimum atomic E-state index is -1.85. The summed E-state index contributed by atoms with van der Waals surface area (Å²) in [5, 5.41) is 0. The van der Waals surface area contributed by atoms with Crippen LogP contribution < -0.4 is 25.7 Å². The number of methoxy groups -OCH3 is 1. The van der Waals surface area contributed by atoms with Crippen LogP contribution in [0.25, 0.3) is 11.1 Å². The second kappa shape index (κ2) is 16.6. The van der Waals surface area contributed by atoms with Crippen LogP contribution in [0.5, 0.6) is 17.2 Å². The van der Waals surface area contributed by atoms with Gasteiger partial charge in [0.15, 0.2) is 16.6 Å². The zero-order valence-electron chi connectivity index (χ0n) is 28.2. The summed E-state index contributed by atoms with van der Waals surface area (Å²) in [5.41, 5.74) is 16.6. The van der Waals surface area contributed by atoms with Crippen molar-refractivity contribution in [2.24, 2.45) is 0 Å². The Bertz CT molecular complexity index is 1560. The first-order valence-electron chi connectivity index (χ1n) is 16.0. The number of nitrogen functional groups attached to an aromatic ring is 2. The molecule has 0 heterocycles. The molecule has 0 atom stereocenters. The summed E-state index contributed by atoms with van der Waals surface area (Å²) in [5.74, 6) is 1.60. The fraction of sp³-hybridized carbons (Fsp3) is 0.324. The van der Waals surface area contributed by atoms with Gasteiger partial charge in [0.05, 0.1) is 25.9 Å². The van der Waals surface area contributed by atoms with Gasteiger partial charge in [0, 0.05) is 18.0 Å². The Hall–Kier alpha value is -4.10. The highest BCUT2D eigenvalue weighted by Gasteiger charge is 2.32. The van der Waals surface area contributed by atoms with E-state index in [0.717, 1.165) is 53.1 Å². The Morgan fingerprint density at radius 3 is 1.72 bits per heavy atom. The average Bonchev–Trinajstić information content (AvgIpc) is 3.02. The molecule has 0 aliphatic rings. The van der Waals surface area contributed by atoms with Crippen LogP contribution in [0.1, 0.15) is 28.8 Å². The molecule has 250 valence electrons. The van der Waals surface area contributed by atoms with Crippen LogP contribution in [-0.4, -0.2) is 42.9 Å². The average molecular weight is 673 g/mol. The predicted molar refractivity (Wildman–Crippen MR) is 195 cm³/mol. The van der Waals surface area contributed by atoms with Crippen LogP contribution in [-0.2, 0) is 15.5 Å². The molecule has 0 amide bonds. The molecular formula is C37H48N2O6Si2. The molecule has 0 spiro atoms. The molecular weight excluding hydrogens is 625 g/mol.